The maximum atomic E-state index is 10.2. The van der Waals surface area contributed by atoms with Gasteiger partial charge in [0.15, 0.2) is 0 Å². The molecule has 0 aromatic rings. The molecule has 0 aromatic carbocycles. The van der Waals surface area contributed by atoms with Crippen LogP contribution in [0, 0.1) is 0 Å². The molecule has 0 rings (SSSR count). The lowest BCUT2D eigenvalue weighted by Gasteiger charge is -2.20. The summed E-state index contributed by atoms with van der Waals surface area (Å²) in [6.07, 6.45) is 1.80. The molecule has 0 fully saturated rings. The molecule has 2 N–H and O–H groups in total. The van der Waals surface area contributed by atoms with Gasteiger partial charge in [0.1, 0.15) is 9.63 Å². The van der Waals surface area contributed by atoms with Crippen molar-refractivity contribution in [3.05, 3.63) is 0 Å². The van der Waals surface area contributed by atoms with E-state index in [0.717, 1.165) is 12.5 Å². The summed E-state index contributed by atoms with van der Waals surface area (Å²) in [5, 5.41) is 7.65. The molecule has 4 nitrogen and oxygen atoms in total. The minimum atomic E-state index is -4.06. The first-order chi connectivity index (χ1) is 5.81. The minimum Gasteiger partial charge on any atom is -0.306 e. The molecule has 0 spiro atoms. The van der Waals surface area contributed by atoms with Crippen LogP contribution in [0.5, 0.6) is 0 Å². The molecule has 0 amide bonds. The lowest BCUT2D eigenvalue weighted by molar-refractivity contribution is -0.141. The van der Waals surface area contributed by atoms with Gasteiger partial charge in [0.25, 0.3) is 0 Å². The molecular weight excluding hydrogens is 300 g/mol. The van der Waals surface area contributed by atoms with E-state index >= 15 is 0 Å². The van der Waals surface area contributed by atoms with E-state index in [0.29, 0.717) is 0 Å². The van der Waals surface area contributed by atoms with Crippen LogP contribution < -0.4 is 0 Å². The molecule has 0 atom stereocenters. The Labute approximate surface area is 130 Å². The SMILES string of the molecule is C.CC.CC.CC.CS(C)(=O)(O)OO.S.S.S. The molecule has 0 radical (unpaired) electrons. The molecule has 0 unspecified atom stereocenters. The van der Waals surface area contributed by atoms with Gasteiger partial charge in [-0.05, 0) is 0 Å². The average molecular weight is 337 g/mol. The van der Waals surface area contributed by atoms with E-state index in [1.165, 1.54) is 0 Å². The van der Waals surface area contributed by atoms with E-state index < -0.39 is 9.63 Å². The van der Waals surface area contributed by atoms with Crippen LogP contribution in [0.3, 0.4) is 0 Å². The summed E-state index contributed by atoms with van der Waals surface area (Å²) in [6.45, 7) is 12.0. The summed E-state index contributed by atoms with van der Waals surface area (Å²) in [6, 6.07) is 0. The molecule has 0 saturated carbocycles. The van der Waals surface area contributed by atoms with Crippen LogP contribution in [0.15, 0.2) is 0 Å². The normalized spacial score (nSPS) is 8.47. The van der Waals surface area contributed by atoms with Crippen molar-refractivity contribution in [3.63, 3.8) is 0 Å². The van der Waals surface area contributed by atoms with E-state index in [9.17, 15) is 4.21 Å². The van der Waals surface area contributed by atoms with Crippen LogP contribution in [0.25, 0.3) is 0 Å². The highest BCUT2D eigenvalue weighted by Gasteiger charge is 2.18. The summed E-state index contributed by atoms with van der Waals surface area (Å²) in [5.74, 6) is 0. The van der Waals surface area contributed by atoms with Gasteiger partial charge in [0.05, 0.1) is 0 Å². The summed E-state index contributed by atoms with van der Waals surface area (Å²) >= 11 is 0. The van der Waals surface area contributed by atoms with Gasteiger partial charge in [-0.3, -0.25) is 0 Å². The molecular formula is C9H36O4S4. The van der Waals surface area contributed by atoms with E-state index in [-0.39, 0.29) is 47.9 Å². The fourth-order valence-electron chi connectivity index (χ4n) is 0. The zero-order chi connectivity index (χ0) is 12.2. The number of rotatable bonds is 1. The maximum Gasteiger partial charge on any atom is 0.108 e. The van der Waals surface area contributed by atoms with Gasteiger partial charge in [-0.25, -0.2) is 9.47 Å². The highest BCUT2D eigenvalue weighted by molar-refractivity contribution is 8.09. The van der Waals surface area contributed by atoms with Crippen LogP contribution in [0.2, 0.25) is 0 Å². The molecule has 0 aliphatic rings. The van der Waals surface area contributed by atoms with Crippen LogP contribution >= 0.6 is 40.5 Å². The summed E-state index contributed by atoms with van der Waals surface area (Å²) in [5.41, 5.74) is 0. The monoisotopic (exact) mass is 336 g/mol. The highest BCUT2D eigenvalue weighted by atomic mass is 32.3. The van der Waals surface area contributed by atoms with Crippen LogP contribution in [0.4, 0.5) is 0 Å². The number of hydrogen-bond donors (Lipinski definition) is 2. The second-order valence-electron chi connectivity index (χ2n) is 1.73. The first-order valence-electron chi connectivity index (χ1n) is 4.51. The Morgan fingerprint density at radius 2 is 0.882 bits per heavy atom. The van der Waals surface area contributed by atoms with Crippen molar-refractivity contribution < 1.29 is 18.4 Å². The molecule has 0 saturated heterocycles. The second kappa shape index (κ2) is 30.3. The minimum absolute atomic E-state index is 0. The molecule has 0 aromatic heterocycles. The molecule has 8 heteroatoms. The summed E-state index contributed by atoms with van der Waals surface area (Å²) in [4.78, 5) is 0. The van der Waals surface area contributed by atoms with Gasteiger partial charge < -0.3 is 4.55 Å². The van der Waals surface area contributed by atoms with E-state index in [4.69, 9.17) is 9.81 Å². The third-order valence-electron chi connectivity index (χ3n) is 0.213. The predicted octanol–water partition coefficient (Wildman–Crippen LogP) is 4.00. The predicted molar refractivity (Wildman–Crippen MR) is 98.3 cm³/mol. The lowest BCUT2D eigenvalue weighted by Crippen LogP contribution is -2.29. The van der Waals surface area contributed by atoms with Crippen molar-refractivity contribution in [1.29, 1.82) is 0 Å². The van der Waals surface area contributed by atoms with Crippen LogP contribution in [0.1, 0.15) is 49.0 Å². The van der Waals surface area contributed by atoms with Crippen molar-refractivity contribution in [2.45, 2.75) is 49.0 Å². The Morgan fingerprint density at radius 1 is 0.824 bits per heavy atom. The Bertz CT molecular complexity index is 126. The molecule has 120 valence electrons. The maximum absolute atomic E-state index is 10.2. The Morgan fingerprint density at radius 3 is 0.882 bits per heavy atom. The zero-order valence-electron chi connectivity index (χ0n) is 11.6. The van der Waals surface area contributed by atoms with Crippen LogP contribution in [-0.2, 0) is 14.0 Å². The van der Waals surface area contributed by atoms with Crippen molar-refractivity contribution in [1.82, 2.24) is 0 Å². The Balaban J connectivity index is -0.0000000120. The quantitative estimate of drug-likeness (QED) is 0.561. The fraction of sp³-hybridized carbons (Fsp3) is 1.00. The lowest BCUT2D eigenvalue weighted by atomic mass is 11.0. The van der Waals surface area contributed by atoms with Gasteiger partial charge in [-0.15, -0.1) is 4.33 Å². The van der Waals surface area contributed by atoms with Crippen molar-refractivity contribution >= 4 is 50.1 Å². The molecule has 0 bridgehead atoms. The average Bonchev–Trinajstić information content (AvgIpc) is 2.13. The Hall–Kier alpha value is 1.08. The summed E-state index contributed by atoms with van der Waals surface area (Å²) in [7, 11) is -4.06. The first-order valence-corrected chi connectivity index (χ1v) is 7.18. The van der Waals surface area contributed by atoms with Crippen LogP contribution in [-0.4, -0.2) is 26.5 Å². The largest absolute Gasteiger partial charge is 0.306 e. The molecule has 0 aliphatic heterocycles. The van der Waals surface area contributed by atoms with Crippen molar-refractivity contribution in [3.8, 4) is 0 Å². The zero-order valence-corrected chi connectivity index (χ0v) is 15.4. The standard InChI is InChI=1S/C2H8O4S.3C2H6.CH4.3H2S/c1-7(2,4,5)6-3;3*1-2;;;;/h3H,1-2H3,(H,4,5);3*1-2H3;1H4;3*1H2. The topological polar surface area (TPSA) is 66.8 Å². The second-order valence-corrected chi connectivity index (χ2v) is 5.20. The first kappa shape index (κ1) is 51.9. The molecule has 0 heterocycles. The third-order valence-corrected chi connectivity index (χ3v) is 0.639. The molecule has 0 aliphatic carbocycles. The van der Waals surface area contributed by atoms with E-state index in [2.05, 4.69) is 4.33 Å². The Kier molecular flexibility index (Phi) is 92.4. The van der Waals surface area contributed by atoms with Gasteiger partial charge in [-0.1, -0.05) is 49.0 Å². The smallest absolute Gasteiger partial charge is 0.108 e. The van der Waals surface area contributed by atoms with Gasteiger partial charge >= 0.3 is 0 Å². The third kappa shape index (κ3) is 151. The molecule has 17 heavy (non-hydrogen) atoms. The van der Waals surface area contributed by atoms with E-state index in [1.807, 2.05) is 41.5 Å². The van der Waals surface area contributed by atoms with Gasteiger partial charge in [0, 0.05) is 12.5 Å². The summed E-state index contributed by atoms with van der Waals surface area (Å²) < 4.78 is 21.8. The van der Waals surface area contributed by atoms with Crippen molar-refractivity contribution in [2.24, 2.45) is 0 Å². The number of hydrogen-bond acceptors (Lipinski definition) is 3. The van der Waals surface area contributed by atoms with Gasteiger partial charge in [0.2, 0.25) is 0 Å². The van der Waals surface area contributed by atoms with E-state index in [1.54, 1.807) is 0 Å². The van der Waals surface area contributed by atoms with Gasteiger partial charge in [-0.2, -0.15) is 40.5 Å². The highest BCUT2D eigenvalue weighted by Crippen LogP contribution is 2.08. The van der Waals surface area contributed by atoms with Crippen molar-refractivity contribution in [2.75, 3.05) is 12.5 Å². The fourth-order valence-corrected chi connectivity index (χ4v) is 0.